The van der Waals surface area contributed by atoms with Crippen LogP contribution in [0, 0.1) is 6.92 Å². The Hall–Kier alpha value is -5.54. The molecule has 0 saturated heterocycles. The third kappa shape index (κ3) is 3.11. The fraction of sp³-hybridized carbons (Fsp3) is 0.0732. The molecule has 2 heterocycles. The predicted octanol–water partition coefficient (Wildman–Crippen LogP) is 10.1. The highest BCUT2D eigenvalue weighted by Gasteiger charge is 2.28. The van der Waals surface area contributed by atoms with Gasteiger partial charge >= 0.3 is 0 Å². The monoisotopic (exact) mass is 561 g/mol. The predicted molar refractivity (Wildman–Crippen MR) is 184 cm³/mol. The molecule has 1 aliphatic carbocycles. The zero-order chi connectivity index (χ0) is 28.9. The molecule has 3 nitrogen and oxygen atoms in total. The first kappa shape index (κ1) is 24.0. The van der Waals surface area contributed by atoms with Crippen molar-refractivity contribution in [1.82, 2.24) is 14.5 Å². The summed E-state index contributed by atoms with van der Waals surface area (Å²) in [5.74, 6) is 0.843. The van der Waals surface area contributed by atoms with E-state index in [1.54, 1.807) is 0 Å². The lowest BCUT2D eigenvalue weighted by molar-refractivity contribution is 0.794. The molecule has 0 bridgehead atoms. The quantitative estimate of drug-likeness (QED) is 0.197. The van der Waals surface area contributed by atoms with E-state index in [-0.39, 0.29) is 0 Å². The van der Waals surface area contributed by atoms with Gasteiger partial charge in [-0.2, -0.15) is 0 Å². The van der Waals surface area contributed by atoms with Crippen molar-refractivity contribution < 1.29 is 0 Å². The number of rotatable bonds is 2. The van der Waals surface area contributed by atoms with Gasteiger partial charge in [0.05, 0.1) is 17.6 Å². The zero-order valence-electron chi connectivity index (χ0n) is 24.3. The van der Waals surface area contributed by atoms with E-state index in [0.717, 1.165) is 28.8 Å². The molecule has 44 heavy (non-hydrogen) atoms. The highest BCUT2D eigenvalue weighted by molar-refractivity contribution is 6.26. The average molecular weight is 562 g/mol. The highest BCUT2D eigenvalue weighted by Crippen LogP contribution is 2.48. The summed E-state index contributed by atoms with van der Waals surface area (Å²) in [6.45, 7) is 2.74. The summed E-state index contributed by atoms with van der Waals surface area (Å²) in [6.07, 6.45) is 0.928. The fourth-order valence-corrected chi connectivity index (χ4v) is 8.06. The fourth-order valence-electron chi connectivity index (χ4n) is 8.06. The molecule has 2 aromatic heterocycles. The zero-order valence-corrected chi connectivity index (χ0v) is 24.3. The smallest absolute Gasteiger partial charge is 0.148 e. The Morgan fingerprint density at radius 3 is 1.95 bits per heavy atom. The highest BCUT2D eigenvalue weighted by atomic mass is 15.0. The van der Waals surface area contributed by atoms with E-state index in [2.05, 4.69) is 133 Å². The van der Waals surface area contributed by atoms with Crippen LogP contribution in [0.2, 0.25) is 0 Å². The summed E-state index contributed by atoms with van der Waals surface area (Å²) in [7, 11) is 0. The first-order chi connectivity index (χ1) is 21.8. The Labute approximate surface area is 254 Å². The topological polar surface area (TPSA) is 30.7 Å². The van der Waals surface area contributed by atoms with Crippen LogP contribution < -0.4 is 0 Å². The van der Waals surface area contributed by atoms with Gasteiger partial charge in [0.1, 0.15) is 5.82 Å². The van der Waals surface area contributed by atoms with Crippen LogP contribution in [0.5, 0.6) is 0 Å². The Morgan fingerprint density at radius 2 is 1.16 bits per heavy atom. The largest absolute Gasteiger partial charge is 0.332 e. The van der Waals surface area contributed by atoms with Crippen LogP contribution in [0.1, 0.15) is 22.6 Å². The van der Waals surface area contributed by atoms with E-state index in [0.29, 0.717) is 6.54 Å². The van der Waals surface area contributed by atoms with E-state index >= 15 is 0 Å². The molecule has 9 aromatic rings. The number of aromatic nitrogens is 3. The van der Waals surface area contributed by atoms with Gasteiger partial charge in [0.25, 0.3) is 0 Å². The van der Waals surface area contributed by atoms with Crippen LogP contribution in [0.3, 0.4) is 0 Å². The first-order valence-electron chi connectivity index (χ1n) is 15.4. The molecular formula is C41H27N3. The normalized spacial score (nSPS) is 12.7. The van der Waals surface area contributed by atoms with Crippen LogP contribution in [-0.4, -0.2) is 14.5 Å². The van der Waals surface area contributed by atoms with Crippen LogP contribution >= 0.6 is 0 Å². The Kier molecular flexibility index (Phi) is 4.76. The van der Waals surface area contributed by atoms with Crippen LogP contribution in [0.4, 0.5) is 0 Å². The molecule has 0 aliphatic heterocycles. The first-order valence-corrected chi connectivity index (χ1v) is 15.4. The number of aryl methyl sites for hydroxylation is 1. The molecule has 206 valence electrons. The molecule has 0 saturated carbocycles. The minimum Gasteiger partial charge on any atom is -0.332 e. The third-order valence-electron chi connectivity index (χ3n) is 9.78. The lowest BCUT2D eigenvalue weighted by Gasteiger charge is -2.15. The molecule has 0 radical (unpaired) electrons. The minimum absolute atomic E-state index is 0.600. The molecular weight excluding hydrogens is 534 g/mol. The van der Waals surface area contributed by atoms with E-state index < -0.39 is 0 Å². The molecule has 0 fully saturated rings. The van der Waals surface area contributed by atoms with Crippen molar-refractivity contribution in [3.63, 3.8) is 0 Å². The van der Waals surface area contributed by atoms with Crippen molar-refractivity contribution in [1.29, 1.82) is 0 Å². The summed E-state index contributed by atoms with van der Waals surface area (Å²) >= 11 is 0. The maximum Gasteiger partial charge on any atom is 0.148 e. The van der Waals surface area contributed by atoms with Gasteiger partial charge in [0.15, 0.2) is 0 Å². The van der Waals surface area contributed by atoms with E-state index in [1.807, 2.05) is 0 Å². The molecule has 0 spiro atoms. The van der Waals surface area contributed by atoms with Crippen molar-refractivity contribution >= 4 is 65.0 Å². The molecule has 0 amide bonds. The SMILES string of the molecule is Cc1nc(Cn2c3ccccc3c3c4ccccc4c4c(c32)Cc2ccccc2-4)nc2c3ccccc3c3ccccc3c12. The summed E-state index contributed by atoms with van der Waals surface area (Å²) in [5.41, 5.74) is 10.1. The average Bonchev–Trinajstić information content (AvgIpc) is 3.61. The molecule has 3 heteroatoms. The van der Waals surface area contributed by atoms with Gasteiger partial charge in [-0.15, -0.1) is 0 Å². The number of para-hydroxylation sites is 1. The molecule has 0 atom stereocenters. The number of nitrogens with zero attached hydrogens (tertiary/aromatic N) is 3. The third-order valence-corrected chi connectivity index (χ3v) is 9.78. The Bertz CT molecular complexity index is 2680. The van der Waals surface area contributed by atoms with Gasteiger partial charge < -0.3 is 4.57 Å². The van der Waals surface area contributed by atoms with Gasteiger partial charge in [0.2, 0.25) is 0 Å². The number of fused-ring (bicyclic) bond motifs is 16. The molecule has 7 aromatic carbocycles. The molecule has 10 rings (SSSR count). The van der Waals surface area contributed by atoms with Gasteiger partial charge in [-0.1, -0.05) is 115 Å². The standard InChI is InChI=1S/C41H27N3/c1-24-37-29-16-6-4-14-27(29)28-15-5-9-19-32(28)40(37)43-36(42-24)23-44-35-21-11-10-20-33(35)39-31-18-8-7-17-30(31)38-26-13-3-2-12-25(26)22-34(38)41(39)44/h2-21H,22-23H2,1H3. The van der Waals surface area contributed by atoms with Crippen molar-refractivity contribution in [3.05, 3.63) is 144 Å². The Balaban J connectivity index is 1.30. The number of benzene rings is 7. The summed E-state index contributed by atoms with van der Waals surface area (Å²) in [6, 6.07) is 44.0. The van der Waals surface area contributed by atoms with Gasteiger partial charge in [-0.05, 0) is 62.2 Å². The maximum absolute atomic E-state index is 5.37. The van der Waals surface area contributed by atoms with Gasteiger partial charge in [-0.3, -0.25) is 0 Å². The Morgan fingerprint density at radius 1 is 0.568 bits per heavy atom. The van der Waals surface area contributed by atoms with Gasteiger partial charge in [-0.25, -0.2) is 9.97 Å². The van der Waals surface area contributed by atoms with Gasteiger partial charge in [0, 0.05) is 39.2 Å². The summed E-state index contributed by atoms with van der Waals surface area (Å²) in [5, 5.41) is 11.3. The van der Waals surface area contributed by atoms with Crippen molar-refractivity contribution in [3.8, 4) is 11.1 Å². The minimum atomic E-state index is 0.600. The van der Waals surface area contributed by atoms with Crippen LogP contribution in [-0.2, 0) is 13.0 Å². The van der Waals surface area contributed by atoms with Crippen molar-refractivity contribution in [2.75, 3.05) is 0 Å². The number of hydrogen-bond acceptors (Lipinski definition) is 2. The van der Waals surface area contributed by atoms with Crippen molar-refractivity contribution in [2.24, 2.45) is 0 Å². The summed E-state index contributed by atoms with van der Waals surface area (Å²) in [4.78, 5) is 10.6. The second kappa shape index (κ2) is 8.75. The number of hydrogen-bond donors (Lipinski definition) is 0. The van der Waals surface area contributed by atoms with E-state index in [1.165, 1.54) is 76.4 Å². The van der Waals surface area contributed by atoms with Crippen LogP contribution in [0.15, 0.2) is 121 Å². The maximum atomic E-state index is 5.37. The van der Waals surface area contributed by atoms with E-state index in [4.69, 9.17) is 9.97 Å². The molecule has 1 aliphatic rings. The van der Waals surface area contributed by atoms with Crippen LogP contribution in [0.25, 0.3) is 76.2 Å². The van der Waals surface area contributed by atoms with Crippen molar-refractivity contribution in [2.45, 2.75) is 19.9 Å². The lowest BCUT2D eigenvalue weighted by Crippen LogP contribution is -2.07. The molecule has 0 unspecified atom stereocenters. The lowest BCUT2D eigenvalue weighted by atomic mass is 9.94. The molecule has 0 N–H and O–H groups in total. The van der Waals surface area contributed by atoms with E-state index in [9.17, 15) is 0 Å². The second-order valence-corrected chi connectivity index (χ2v) is 12.1. The second-order valence-electron chi connectivity index (χ2n) is 12.1. The summed E-state index contributed by atoms with van der Waals surface area (Å²) < 4.78 is 2.49.